The number of likely N-dealkylation sites (N-methyl/N-ethyl adjacent to an activating group) is 1. The van der Waals surface area contributed by atoms with Crippen molar-refractivity contribution in [1.82, 2.24) is 25.3 Å². The molecule has 0 atom stereocenters. The number of aromatic nitrogens is 4. The lowest BCUT2D eigenvalue weighted by Gasteiger charge is -2.18. The summed E-state index contributed by atoms with van der Waals surface area (Å²) in [5.41, 5.74) is 2.54. The van der Waals surface area contributed by atoms with Crippen LogP contribution in [-0.2, 0) is 13.0 Å². The van der Waals surface area contributed by atoms with Gasteiger partial charge in [-0.2, -0.15) is 0 Å². The number of nitrogens with zero attached hydrogens (tertiary/aromatic N) is 5. The third-order valence-electron chi connectivity index (χ3n) is 3.96. The van der Waals surface area contributed by atoms with Crippen molar-refractivity contribution in [2.24, 2.45) is 0 Å². The van der Waals surface area contributed by atoms with E-state index in [1.165, 1.54) is 11.9 Å². The zero-order valence-electron chi connectivity index (χ0n) is 14.5. The molecule has 0 spiro atoms. The molecule has 0 radical (unpaired) electrons. The van der Waals surface area contributed by atoms with Gasteiger partial charge in [-0.3, -0.25) is 14.8 Å². The second-order valence-electron chi connectivity index (χ2n) is 5.83. The summed E-state index contributed by atoms with van der Waals surface area (Å²) in [6.45, 7) is 1.21. The molecule has 0 aliphatic carbocycles. The van der Waals surface area contributed by atoms with E-state index in [9.17, 15) is 4.79 Å². The second-order valence-corrected chi connectivity index (χ2v) is 5.83. The van der Waals surface area contributed by atoms with Crippen LogP contribution in [0.15, 0.2) is 61.4 Å². The standard InChI is InChI=1S/C19H20N6O/c1-25(11-6-15-2-7-20-8-3-15)18-12-17(23-14-24-18)19(26)22-13-16-4-9-21-10-5-16/h2-5,7-10,12,14H,6,11,13H2,1H3,(H,22,26). The maximum atomic E-state index is 12.3. The van der Waals surface area contributed by atoms with Crippen LogP contribution < -0.4 is 10.2 Å². The van der Waals surface area contributed by atoms with Gasteiger partial charge >= 0.3 is 0 Å². The smallest absolute Gasteiger partial charge is 0.270 e. The summed E-state index contributed by atoms with van der Waals surface area (Å²) < 4.78 is 0. The van der Waals surface area contributed by atoms with Gasteiger partial charge in [-0.15, -0.1) is 0 Å². The predicted octanol–water partition coefficient (Wildman–Crippen LogP) is 1.88. The number of hydrogen-bond acceptors (Lipinski definition) is 6. The van der Waals surface area contributed by atoms with Crippen molar-refractivity contribution in [1.29, 1.82) is 0 Å². The molecule has 0 saturated heterocycles. The van der Waals surface area contributed by atoms with Crippen molar-refractivity contribution < 1.29 is 4.79 Å². The number of carbonyl (C=O) groups is 1. The van der Waals surface area contributed by atoms with Crippen LogP contribution in [0, 0.1) is 0 Å². The molecule has 0 aliphatic rings. The van der Waals surface area contributed by atoms with Crippen LogP contribution in [0.3, 0.4) is 0 Å². The minimum atomic E-state index is -0.229. The lowest BCUT2D eigenvalue weighted by molar-refractivity contribution is 0.0945. The molecule has 7 nitrogen and oxygen atoms in total. The van der Waals surface area contributed by atoms with Gasteiger partial charge < -0.3 is 10.2 Å². The first kappa shape index (κ1) is 17.5. The molecule has 3 aromatic heterocycles. The Balaban J connectivity index is 1.59. The van der Waals surface area contributed by atoms with Crippen LogP contribution in [0.25, 0.3) is 0 Å². The topological polar surface area (TPSA) is 83.9 Å². The fourth-order valence-electron chi connectivity index (χ4n) is 2.41. The van der Waals surface area contributed by atoms with Crippen molar-refractivity contribution in [2.75, 3.05) is 18.5 Å². The third kappa shape index (κ3) is 4.83. The quantitative estimate of drug-likeness (QED) is 0.702. The van der Waals surface area contributed by atoms with E-state index in [1.807, 2.05) is 36.2 Å². The van der Waals surface area contributed by atoms with Crippen molar-refractivity contribution in [3.63, 3.8) is 0 Å². The van der Waals surface area contributed by atoms with E-state index in [2.05, 4.69) is 25.3 Å². The molecule has 0 aromatic carbocycles. The summed E-state index contributed by atoms with van der Waals surface area (Å²) >= 11 is 0. The monoisotopic (exact) mass is 348 g/mol. The number of hydrogen-bond donors (Lipinski definition) is 1. The van der Waals surface area contributed by atoms with Crippen LogP contribution in [-0.4, -0.2) is 39.4 Å². The average Bonchev–Trinajstić information content (AvgIpc) is 2.72. The Labute approximate surface area is 152 Å². The summed E-state index contributed by atoms with van der Waals surface area (Å²) in [7, 11) is 1.95. The highest BCUT2D eigenvalue weighted by Gasteiger charge is 2.11. The van der Waals surface area contributed by atoms with Gasteiger partial charge in [0.15, 0.2) is 0 Å². The maximum Gasteiger partial charge on any atom is 0.270 e. The Hall–Kier alpha value is -3.35. The zero-order valence-corrected chi connectivity index (χ0v) is 14.5. The van der Waals surface area contributed by atoms with Crippen molar-refractivity contribution in [2.45, 2.75) is 13.0 Å². The molecule has 3 heterocycles. The van der Waals surface area contributed by atoms with Crippen LogP contribution in [0.1, 0.15) is 21.6 Å². The Morgan fingerprint density at radius 3 is 2.35 bits per heavy atom. The minimum Gasteiger partial charge on any atom is -0.359 e. The van der Waals surface area contributed by atoms with E-state index in [4.69, 9.17) is 0 Å². The van der Waals surface area contributed by atoms with Gasteiger partial charge in [0.05, 0.1) is 0 Å². The molecule has 26 heavy (non-hydrogen) atoms. The molecule has 0 fully saturated rings. The van der Waals surface area contributed by atoms with E-state index in [0.29, 0.717) is 18.1 Å². The number of amides is 1. The normalized spacial score (nSPS) is 10.3. The molecule has 3 aromatic rings. The Kier molecular flexibility index (Phi) is 5.82. The molecule has 0 saturated carbocycles. The third-order valence-corrected chi connectivity index (χ3v) is 3.96. The molecular formula is C19H20N6O. The molecule has 132 valence electrons. The van der Waals surface area contributed by atoms with E-state index < -0.39 is 0 Å². The summed E-state index contributed by atoms with van der Waals surface area (Å²) in [4.78, 5) is 30.7. The van der Waals surface area contributed by atoms with Gasteiger partial charge in [0, 0.05) is 51.0 Å². The van der Waals surface area contributed by atoms with Gasteiger partial charge in [-0.25, -0.2) is 9.97 Å². The number of pyridine rings is 2. The Bertz CT molecular complexity index is 841. The molecule has 1 N–H and O–H groups in total. The average molecular weight is 348 g/mol. The fraction of sp³-hybridized carbons (Fsp3) is 0.211. The first-order valence-electron chi connectivity index (χ1n) is 8.31. The predicted molar refractivity (Wildman–Crippen MR) is 98.7 cm³/mol. The van der Waals surface area contributed by atoms with E-state index in [1.54, 1.807) is 30.9 Å². The second kappa shape index (κ2) is 8.66. The van der Waals surface area contributed by atoms with Gasteiger partial charge in [-0.1, -0.05) is 0 Å². The van der Waals surface area contributed by atoms with Gasteiger partial charge in [0.25, 0.3) is 5.91 Å². The molecule has 0 aliphatic heterocycles. The van der Waals surface area contributed by atoms with Gasteiger partial charge in [0.1, 0.15) is 17.8 Å². The van der Waals surface area contributed by atoms with E-state index >= 15 is 0 Å². The molecular weight excluding hydrogens is 328 g/mol. The summed E-state index contributed by atoms with van der Waals surface area (Å²) in [6.07, 6.45) is 9.24. The van der Waals surface area contributed by atoms with Crippen LogP contribution >= 0.6 is 0 Å². The highest BCUT2D eigenvalue weighted by molar-refractivity contribution is 5.92. The summed E-state index contributed by atoms with van der Waals surface area (Å²) in [5.74, 6) is 0.483. The summed E-state index contributed by atoms with van der Waals surface area (Å²) in [5, 5.41) is 2.86. The Morgan fingerprint density at radius 2 is 1.65 bits per heavy atom. The minimum absolute atomic E-state index is 0.229. The van der Waals surface area contributed by atoms with E-state index in [0.717, 1.165) is 18.5 Å². The SMILES string of the molecule is CN(CCc1ccncc1)c1cc(C(=O)NCc2ccncc2)ncn1. The number of anilines is 1. The lowest BCUT2D eigenvalue weighted by atomic mass is 10.2. The summed E-state index contributed by atoms with van der Waals surface area (Å²) in [6, 6.07) is 9.41. The van der Waals surface area contributed by atoms with Crippen LogP contribution in [0.5, 0.6) is 0 Å². The highest BCUT2D eigenvalue weighted by atomic mass is 16.1. The molecule has 1 amide bonds. The zero-order chi connectivity index (χ0) is 18.2. The first-order valence-corrected chi connectivity index (χ1v) is 8.31. The van der Waals surface area contributed by atoms with Crippen LogP contribution in [0.4, 0.5) is 5.82 Å². The van der Waals surface area contributed by atoms with Gasteiger partial charge in [0.2, 0.25) is 0 Å². The fourth-order valence-corrected chi connectivity index (χ4v) is 2.41. The molecule has 0 unspecified atom stereocenters. The first-order chi connectivity index (χ1) is 12.7. The van der Waals surface area contributed by atoms with E-state index in [-0.39, 0.29) is 5.91 Å². The number of nitrogens with one attached hydrogen (secondary N) is 1. The number of rotatable bonds is 7. The van der Waals surface area contributed by atoms with Crippen molar-refractivity contribution in [3.05, 3.63) is 78.3 Å². The van der Waals surface area contributed by atoms with Crippen molar-refractivity contribution >= 4 is 11.7 Å². The maximum absolute atomic E-state index is 12.3. The van der Waals surface area contributed by atoms with Crippen molar-refractivity contribution in [3.8, 4) is 0 Å². The highest BCUT2D eigenvalue weighted by Crippen LogP contribution is 2.10. The molecule has 3 rings (SSSR count). The Morgan fingerprint density at radius 1 is 1.00 bits per heavy atom. The molecule has 0 bridgehead atoms. The van der Waals surface area contributed by atoms with Gasteiger partial charge in [-0.05, 0) is 41.8 Å². The lowest BCUT2D eigenvalue weighted by Crippen LogP contribution is -2.26. The molecule has 7 heteroatoms. The number of carbonyl (C=O) groups excluding carboxylic acids is 1. The largest absolute Gasteiger partial charge is 0.359 e. The van der Waals surface area contributed by atoms with Crippen LogP contribution in [0.2, 0.25) is 0 Å².